The monoisotopic (exact) mass is 310 g/mol. The summed E-state index contributed by atoms with van der Waals surface area (Å²) in [5, 5.41) is 9.03. The van der Waals surface area contributed by atoms with Crippen LogP contribution < -0.4 is 16.0 Å². The molecule has 1 saturated carbocycles. The lowest BCUT2D eigenvalue weighted by atomic mass is 10.1. The van der Waals surface area contributed by atoms with Crippen LogP contribution in [0.15, 0.2) is 30.5 Å². The molecule has 5 heteroatoms. The van der Waals surface area contributed by atoms with Gasteiger partial charge in [-0.15, -0.1) is 0 Å². The van der Waals surface area contributed by atoms with Crippen LogP contribution in [0.25, 0.3) is 0 Å². The molecular formula is C18H22N4O. The lowest BCUT2D eigenvalue weighted by Gasteiger charge is -2.13. The van der Waals surface area contributed by atoms with Crippen molar-refractivity contribution in [2.45, 2.75) is 39.7 Å². The summed E-state index contributed by atoms with van der Waals surface area (Å²) >= 11 is 0. The van der Waals surface area contributed by atoms with E-state index in [0.717, 1.165) is 24.3 Å². The number of rotatable bonds is 4. The van der Waals surface area contributed by atoms with Gasteiger partial charge < -0.3 is 16.0 Å². The average Bonchev–Trinajstić information content (AvgIpc) is 3.28. The van der Waals surface area contributed by atoms with Gasteiger partial charge in [-0.1, -0.05) is 17.7 Å². The Morgan fingerprint density at radius 1 is 1.13 bits per heavy atom. The quantitative estimate of drug-likeness (QED) is 0.798. The van der Waals surface area contributed by atoms with Crippen molar-refractivity contribution in [3.63, 3.8) is 0 Å². The van der Waals surface area contributed by atoms with Gasteiger partial charge in [0, 0.05) is 11.7 Å². The minimum absolute atomic E-state index is 0.166. The molecule has 0 spiro atoms. The van der Waals surface area contributed by atoms with Crippen LogP contribution in [0.5, 0.6) is 0 Å². The third-order valence-corrected chi connectivity index (χ3v) is 3.86. The molecule has 0 atom stereocenters. The molecule has 23 heavy (non-hydrogen) atoms. The fourth-order valence-electron chi connectivity index (χ4n) is 2.63. The minimum Gasteiger partial charge on any atom is -0.340 e. The van der Waals surface area contributed by atoms with Gasteiger partial charge in [-0.2, -0.15) is 0 Å². The van der Waals surface area contributed by atoms with Crippen molar-refractivity contribution < 1.29 is 4.79 Å². The number of aryl methyl sites for hydroxylation is 3. The third-order valence-electron chi connectivity index (χ3n) is 3.86. The molecule has 0 aliphatic heterocycles. The summed E-state index contributed by atoms with van der Waals surface area (Å²) in [7, 11) is 0. The number of hydrogen-bond acceptors (Lipinski definition) is 3. The number of pyridine rings is 1. The van der Waals surface area contributed by atoms with Crippen molar-refractivity contribution >= 4 is 23.2 Å². The first-order chi connectivity index (χ1) is 11.0. The van der Waals surface area contributed by atoms with Gasteiger partial charge in [-0.3, -0.25) is 0 Å². The average molecular weight is 310 g/mol. The van der Waals surface area contributed by atoms with Gasteiger partial charge in [-0.25, -0.2) is 9.78 Å². The number of carbonyl (C=O) groups excluding carboxylic acids is 1. The zero-order valence-corrected chi connectivity index (χ0v) is 13.7. The van der Waals surface area contributed by atoms with E-state index >= 15 is 0 Å². The van der Waals surface area contributed by atoms with Gasteiger partial charge >= 0.3 is 6.03 Å². The van der Waals surface area contributed by atoms with E-state index in [1.54, 1.807) is 6.20 Å². The SMILES string of the molecule is Cc1cc(C)c(Nc2ccc(NC(=O)NC3CC3)cn2)c(C)c1. The summed E-state index contributed by atoms with van der Waals surface area (Å²) in [6, 6.07) is 8.18. The summed E-state index contributed by atoms with van der Waals surface area (Å²) in [5.74, 6) is 0.758. The Morgan fingerprint density at radius 2 is 1.83 bits per heavy atom. The topological polar surface area (TPSA) is 66.0 Å². The first kappa shape index (κ1) is 15.3. The molecule has 1 heterocycles. The number of nitrogens with one attached hydrogen (secondary N) is 3. The highest BCUT2D eigenvalue weighted by molar-refractivity contribution is 5.89. The first-order valence-electron chi connectivity index (χ1n) is 7.90. The van der Waals surface area contributed by atoms with Gasteiger partial charge in [-0.05, 0) is 56.9 Å². The number of aromatic nitrogens is 1. The molecule has 120 valence electrons. The minimum atomic E-state index is -0.166. The van der Waals surface area contributed by atoms with E-state index in [4.69, 9.17) is 0 Å². The lowest BCUT2D eigenvalue weighted by molar-refractivity contribution is 0.251. The molecule has 2 aromatic rings. The molecule has 1 aromatic heterocycles. The fourth-order valence-corrected chi connectivity index (χ4v) is 2.63. The van der Waals surface area contributed by atoms with E-state index in [9.17, 15) is 4.79 Å². The predicted octanol–water partition coefficient (Wildman–Crippen LogP) is 4.03. The number of benzene rings is 1. The number of hydrogen-bond donors (Lipinski definition) is 3. The van der Waals surface area contributed by atoms with E-state index in [-0.39, 0.29) is 6.03 Å². The van der Waals surface area contributed by atoms with Gasteiger partial charge in [0.25, 0.3) is 0 Å². The molecular weight excluding hydrogens is 288 g/mol. The Labute approximate surface area is 136 Å². The second kappa shape index (κ2) is 6.28. The second-order valence-corrected chi connectivity index (χ2v) is 6.20. The maximum absolute atomic E-state index is 11.7. The van der Waals surface area contributed by atoms with Gasteiger partial charge in [0.05, 0.1) is 11.9 Å². The van der Waals surface area contributed by atoms with Crippen LogP contribution in [-0.2, 0) is 0 Å². The second-order valence-electron chi connectivity index (χ2n) is 6.20. The highest BCUT2D eigenvalue weighted by Crippen LogP contribution is 2.25. The van der Waals surface area contributed by atoms with Crippen molar-refractivity contribution in [3.8, 4) is 0 Å². The van der Waals surface area contributed by atoms with Gasteiger partial charge in [0.1, 0.15) is 5.82 Å². The maximum atomic E-state index is 11.7. The van der Waals surface area contributed by atoms with Crippen LogP contribution in [0.3, 0.4) is 0 Å². The molecule has 1 fully saturated rings. The fraction of sp³-hybridized carbons (Fsp3) is 0.333. The molecule has 1 aliphatic rings. The van der Waals surface area contributed by atoms with Crippen LogP contribution in [0.4, 0.5) is 22.0 Å². The van der Waals surface area contributed by atoms with Crippen molar-refractivity contribution in [2.75, 3.05) is 10.6 Å². The Balaban J connectivity index is 1.66. The summed E-state index contributed by atoms with van der Waals surface area (Å²) in [6.07, 6.45) is 3.81. The van der Waals surface area contributed by atoms with E-state index in [1.807, 2.05) is 12.1 Å². The van der Waals surface area contributed by atoms with Gasteiger partial charge in [0.15, 0.2) is 0 Å². The number of anilines is 3. The number of nitrogens with zero attached hydrogens (tertiary/aromatic N) is 1. The third kappa shape index (κ3) is 4.00. The Bertz CT molecular complexity index is 697. The van der Waals surface area contributed by atoms with Crippen LogP contribution in [0.1, 0.15) is 29.5 Å². The first-order valence-corrected chi connectivity index (χ1v) is 7.90. The summed E-state index contributed by atoms with van der Waals surface area (Å²) < 4.78 is 0. The Kier molecular flexibility index (Phi) is 4.19. The smallest absolute Gasteiger partial charge is 0.319 e. The predicted molar refractivity (Wildman–Crippen MR) is 93.3 cm³/mol. The molecule has 0 bridgehead atoms. The zero-order valence-electron chi connectivity index (χ0n) is 13.7. The van der Waals surface area contributed by atoms with Crippen molar-refractivity contribution in [1.29, 1.82) is 0 Å². The zero-order chi connectivity index (χ0) is 16.4. The van der Waals surface area contributed by atoms with E-state index < -0.39 is 0 Å². The molecule has 3 rings (SSSR count). The number of carbonyl (C=O) groups is 1. The number of amides is 2. The molecule has 5 nitrogen and oxygen atoms in total. The Hall–Kier alpha value is -2.56. The van der Waals surface area contributed by atoms with E-state index in [2.05, 4.69) is 53.8 Å². The van der Waals surface area contributed by atoms with E-state index in [1.165, 1.54) is 16.7 Å². The largest absolute Gasteiger partial charge is 0.340 e. The molecule has 3 N–H and O–H groups in total. The standard InChI is InChI=1S/C18H22N4O/c1-11-8-12(2)17(13(3)9-11)22-16-7-6-15(10-19-16)21-18(23)20-14-4-5-14/h6-10,14H,4-5H2,1-3H3,(H,19,22)(H2,20,21,23). The van der Waals surface area contributed by atoms with Crippen LogP contribution in [0, 0.1) is 20.8 Å². The van der Waals surface area contributed by atoms with E-state index in [0.29, 0.717) is 11.7 Å². The maximum Gasteiger partial charge on any atom is 0.319 e. The molecule has 1 aromatic carbocycles. The molecule has 0 unspecified atom stereocenters. The van der Waals surface area contributed by atoms with Gasteiger partial charge in [0.2, 0.25) is 0 Å². The normalized spacial score (nSPS) is 13.5. The van der Waals surface area contributed by atoms with Crippen molar-refractivity contribution in [2.24, 2.45) is 0 Å². The van der Waals surface area contributed by atoms with Crippen LogP contribution in [-0.4, -0.2) is 17.1 Å². The van der Waals surface area contributed by atoms with Crippen molar-refractivity contribution in [1.82, 2.24) is 10.3 Å². The molecule has 0 radical (unpaired) electrons. The van der Waals surface area contributed by atoms with Crippen LogP contribution >= 0.6 is 0 Å². The molecule has 2 amide bonds. The summed E-state index contributed by atoms with van der Waals surface area (Å²) in [5.41, 5.74) is 5.40. The number of urea groups is 1. The summed E-state index contributed by atoms with van der Waals surface area (Å²) in [4.78, 5) is 16.1. The van der Waals surface area contributed by atoms with Crippen molar-refractivity contribution in [3.05, 3.63) is 47.2 Å². The highest BCUT2D eigenvalue weighted by Gasteiger charge is 2.23. The molecule has 1 aliphatic carbocycles. The summed E-state index contributed by atoms with van der Waals surface area (Å²) in [6.45, 7) is 6.26. The van der Waals surface area contributed by atoms with Crippen LogP contribution in [0.2, 0.25) is 0 Å². The lowest BCUT2D eigenvalue weighted by Crippen LogP contribution is -2.30. The molecule has 0 saturated heterocycles. The Morgan fingerprint density at radius 3 is 2.39 bits per heavy atom. The highest BCUT2D eigenvalue weighted by atomic mass is 16.2.